The van der Waals surface area contributed by atoms with Gasteiger partial charge in [-0.25, -0.2) is 4.79 Å². The number of amidine groups is 1. The maximum atomic E-state index is 10.8. The average molecular weight is 296 g/mol. The second kappa shape index (κ2) is 6.13. The van der Waals surface area contributed by atoms with E-state index in [1.165, 1.54) is 19.1 Å². The van der Waals surface area contributed by atoms with Crippen LogP contribution in [0.15, 0.2) is 48.0 Å². The Balaban J connectivity index is 2.49. The van der Waals surface area contributed by atoms with Crippen LogP contribution < -0.4 is 5.73 Å². The largest absolute Gasteiger partial charge is 0.507 e. The molecule has 2 aromatic carbocycles. The van der Waals surface area contributed by atoms with Crippen LogP contribution in [0.3, 0.4) is 0 Å². The van der Waals surface area contributed by atoms with Gasteiger partial charge in [0.15, 0.2) is 0 Å². The summed E-state index contributed by atoms with van der Waals surface area (Å²) in [5.74, 6) is -1.12. The molecule has 0 heterocycles. The molecule has 2 aromatic rings. The molecule has 0 saturated carbocycles. The number of rotatable bonds is 4. The normalized spacial score (nSPS) is 11.2. The number of phenolic OH excluding ortho intramolecular Hbond substituents is 1. The van der Waals surface area contributed by atoms with Gasteiger partial charge in [0, 0.05) is 16.7 Å². The van der Waals surface area contributed by atoms with Crippen molar-refractivity contribution in [1.29, 1.82) is 5.41 Å². The van der Waals surface area contributed by atoms with Crippen molar-refractivity contribution in [3.63, 3.8) is 0 Å². The van der Waals surface area contributed by atoms with Crippen LogP contribution in [0, 0.1) is 5.41 Å². The van der Waals surface area contributed by atoms with Gasteiger partial charge in [0.05, 0.1) is 0 Å². The molecule has 0 bridgehead atoms. The Labute approximate surface area is 127 Å². The lowest BCUT2D eigenvalue weighted by Crippen LogP contribution is -2.12. The van der Waals surface area contributed by atoms with Gasteiger partial charge in [-0.3, -0.25) is 5.41 Å². The molecule has 2 rings (SSSR count). The molecule has 0 amide bonds. The minimum Gasteiger partial charge on any atom is -0.507 e. The Hall–Kier alpha value is -3.08. The number of nitrogens with two attached hydrogens (primary N) is 1. The van der Waals surface area contributed by atoms with Crippen molar-refractivity contribution in [2.75, 3.05) is 0 Å². The third-order valence-corrected chi connectivity index (χ3v) is 3.27. The van der Waals surface area contributed by atoms with Crippen LogP contribution in [0.1, 0.15) is 18.1 Å². The lowest BCUT2D eigenvalue weighted by molar-refractivity contribution is -0.132. The van der Waals surface area contributed by atoms with Crippen LogP contribution >= 0.6 is 0 Å². The van der Waals surface area contributed by atoms with Gasteiger partial charge in [-0.05, 0) is 30.2 Å². The Kier molecular flexibility index (Phi) is 4.27. The summed E-state index contributed by atoms with van der Waals surface area (Å²) in [5.41, 5.74) is 8.13. The number of carboxylic acids is 1. The smallest absolute Gasteiger partial charge is 0.331 e. The molecule has 5 nitrogen and oxygen atoms in total. The van der Waals surface area contributed by atoms with Crippen molar-refractivity contribution in [1.82, 2.24) is 0 Å². The van der Waals surface area contributed by atoms with E-state index in [9.17, 15) is 9.90 Å². The number of phenols is 1. The molecule has 5 heteroatoms. The molecule has 0 spiro atoms. The zero-order chi connectivity index (χ0) is 16.3. The first kappa shape index (κ1) is 15.3. The number of carbonyl (C=O) groups is 1. The standard InChI is InChI=1S/C17H16N2O3/c1-10(17(21)22)8-12-7-6-11(9-15(12)20)13-4-2-3-5-14(13)16(18)19/h2-9,20H,1H3,(H3,18,19)(H,21,22)/b10-8+. The number of aliphatic carboxylic acids is 1. The molecule has 0 aliphatic heterocycles. The number of nitrogen functional groups attached to an aromatic ring is 1. The highest BCUT2D eigenvalue weighted by Crippen LogP contribution is 2.30. The summed E-state index contributed by atoms with van der Waals surface area (Å²) in [6.07, 6.45) is 1.40. The molecule has 112 valence electrons. The van der Waals surface area contributed by atoms with E-state index in [0.29, 0.717) is 16.7 Å². The van der Waals surface area contributed by atoms with Crippen molar-refractivity contribution >= 4 is 17.9 Å². The maximum absolute atomic E-state index is 10.8. The minimum absolute atomic E-state index is 0.0311. The molecule has 0 atom stereocenters. The highest BCUT2D eigenvalue weighted by molar-refractivity contribution is 6.01. The fraction of sp³-hybridized carbons (Fsp3) is 0.0588. The summed E-state index contributed by atoms with van der Waals surface area (Å²) in [5, 5.41) is 26.6. The first-order valence-corrected chi connectivity index (χ1v) is 6.58. The van der Waals surface area contributed by atoms with E-state index in [-0.39, 0.29) is 17.2 Å². The number of carboxylic acid groups (broad SMARTS) is 1. The highest BCUT2D eigenvalue weighted by atomic mass is 16.4. The summed E-state index contributed by atoms with van der Waals surface area (Å²) >= 11 is 0. The van der Waals surface area contributed by atoms with Crippen LogP contribution in [0.25, 0.3) is 17.2 Å². The second-order valence-corrected chi connectivity index (χ2v) is 4.87. The number of hydrogen-bond acceptors (Lipinski definition) is 3. The van der Waals surface area contributed by atoms with Gasteiger partial charge in [0.25, 0.3) is 0 Å². The number of aromatic hydroxyl groups is 1. The first-order chi connectivity index (χ1) is 10.4. The second-order valence-electron chi connectivity index (χ2n) is 4.87. The fourth-order valence-electron chi connectivity index (χ4n) is 2.10. The van der Waals surface area contributed by atoms with Gasteiger partial charge in [0.1, 0.15) is 11.6 Å². The Bertz CT molecular complexity index is 779. The van der Waals surface area contributed by atoms with E-state index >= 15 is 0 Å². The average Bonchev–Trinajstić information content (AvgIpc) is 2.49. The predicted octanol–water partition coefficient (Wildman–Crippen LogP) is 2.83. The molecule has 0 aromatic heterocycles. The zero-order valence-corrected chi connectivity index (χ0v) is 12.0. The van der Waals surface area contributed by atoms with Gasteiger partial charge in [0.2, 0.25) is 0 Å². The quantitative estimate of drug-likeness (QED) is 0.395. The van der Waals surface area contributed by atoms with Gasteiger partial charge >= 0.3 is 5.97 Å². The third kappa shape index (κ3) is 3.15. The van der Waals surface area contributed by atoms with Crippen LogP contribution in [-0.4, -0.2) is 22.0 Å². The third-order valence-electron chi connectivity index (χ3n) is 3.27. The maximum Gasteiger partial charge on any atom is 0.331 e. The van der Waals surface area contributed by atoms with Gasteiger partial charge in [-0.2, -0.15) is 0 Å². The molecule has 0 unspecified atom stereocenters. The summed E-state index contributed by atoms with van der Waals surface area (Å²) in [6.45, 7) is 1.46. The van der Waals surface area contributed by atoms with Crippen molar-refractivity contribution < 1.29 is 15.0 Å². The van der Waals surface area contributed by atoms with Crippen molar-refractivity contribution in [2.24, 2.45) is 5.73 Å². The lowest BCUT2D eigenvalue weighted by Gasteiger charge is -2.10. The van der Waals surface area contributed by atoms with Gasteiger partial charge < -0.3 is 15.9 Å². The Morgan fingerprint density at radius 2 is 1.91 bits per heavy atom. The number of benzene rings is 2. The van der Waals surface area contributed by atoms with Crippen LogP contribution in [0.5, 0.6) is 5.75 Å². The summed E-state index contributed by atoms with van der Waals surface area (Å²) in [7, 11) is 0. The SMILES string of the molecule is C/C(=C\c1ccc(-c2ccccc2C(=N)N)cc1O)C(=O)O. The van der Waals surface area contributed by atoms with Gasteiger partial charge in [-0.15, -0.1) is 0 Å². The Morgan fingerprint density at radius 1 is 1.23 bits per heavy atom. The minimum atomic E-state index is -1.04. The molecular formula is C17H16N2O3. The van der Waals surface area contributed by atoms with E-state index in [4.69, 9.17) is 16.2 Å². The van der Waals surface area contributed by atoms with Crippen LogP contribution in [0.2, 0.25) is 0 Å². The van der Waals surface area contributed by atoms with E-state index in [0.717, 1.165) is 5.56 Å². The molecule has 22 heavy (non-hydrogen) atoms. The van der Waals surface area contributed by atoms with Crippen LogP contribution in [0.4, 0.5) is 0 Å². The fourth-order valence-corrected chi connectivity index (χ4v) is 2.10. The summed E-state index contributed by atoms with van der Waals surface area (Å²) in [6, 6.07) is 12.1. The summed E-state index contributed by atoms with van der Waals surface area (Å²) < 4.78 is 0. The van der Waals surface area contributed by atoms with Crippen LogP contribution in [-0.2, 0) is 4.79 Å². The molecule has 0 saturated heterocycles. The zero-order valence-electron chi connectivity index (χ0n) is 12.0. The van der Waals surface area contributed by atoms with E-state index in [1.807, 2.05) is 12.1 Å². The molecule has 0 fully saturated rings. The Morgan fingerprint density at radius 3 is 2.50 bits per heavy atom. The number of nitrogens with one attached hydrogen (secondary N) is 1. The number of hydrogen-bond donors (Lipinski definition) is 4. The van der Waals surface area contributed by atoms with E-state index in [1.54, 1.807) is 24.3 Å². The molecule has 5 N–H and O–H groups in total. The first-order valence-electron chi connectivity index (χ1n) is 6.58. The lowest BCUT2D eigenvalue weighted by atomic mass is 9.97. The van der Waals surface area contributed by atoms with E-state index < -0.39 is 5.97 Å². The summed E-state index contributed by atoms with van der Waals surface area (Å²) in [4.78, 5) is 10.8. The topological polar surface area (TPSA) is 107 Å². The molecule has 0 radical (unpaired) electrons. The van der Waals surface area contributed by atoms with Crippen molar-refractivity contribution in [2.45, 2.75) is 6.92 Å². The van der Waals surface area contributed by atoms with Crippen molar-refractivity contribution in [3.05, 3.63) is 59.2 Å². The van der Waals surface area contributed by atoms with E-state index in [2.05, 4.69) is 0 Å². The van der Waals surface area contributed by atoms with Crippen molar-refractivity contribution in [3.8, 4) is 16.9 Å². The van der Waals surface area contributed by atoms with Gasteiger partial charge in [-0.1, -0.05) is 36.4 Å². The predicted molar refractivity (Wildman–Crippen MR) is 85.8 cm³/mol. The highest BCUT2D eigenvalue weighted by Gasteiger charge is 2.10. The molecular weight excluding hydrogens is 280 g/mol. The monoisotopic (exact) mass is 296 g/mol. The molecule has 0 aliphatic rings. The molecule has 0 aliphatic carbocycles.